The van der Waals surface area contributed by atoms with Crippen molar-refractivity contribution in [3.63, 3.8) is 0 Å². The number of carbonyl (C=O) groups excluding carboxylic acids is 1. The topological polar surface area (TPSA) is 63.2 Å². The number of nitrogens with one attached hydrogen (secondary N) is 2. The highest BCUT2D eigenvalue weighted by Gasteiger charge is 2.11. The van der Waals surface area contributed by atoms with Crippen LogP contribution in [0.15, 0.2) is 66.9 Å². The fraction of sp³-hybridized carbons (Fsp3) is 0.0526. The van der Waals surface area contributed by atoms with Gasteiger partial charge in [0.25, 0.3) is 5.91 Å². The van der Waals surface area contributed by atoms with Crippen molar-refractivity contribution in [3.8, 4) is 5.75 Å². The summed E-state index contributed by atoms with van der Waals surface area (Å²) in [5, 5.41) is 5.81. The third kappa shape index (κ3) is 4.11. The first-order valence-corrected chi connectivity index (χ1v) is 7.59. The predicted molar refractivity (Wildman–Crippen MR) is 94.9 cm³/mol. The first kappa shape index (κ1) is 16.4. The number of methoxy groups -OCH3 is 1. The zero-order valence-corrected chi connectivity index (χ0v) is 13.5. The van der Waals surface area contributed by atoms with Crippen LogP contribution in [0.5, 0.6) is 5.75 Å². The average molecular weight is 337 g/mol. The number of aromatic nitrogens is 1. The number of hydrogen-bond donors (Lipinski definition) is 2. The summed E-state index contributed by atoms with van der Waals surface area (Å²) < 4.78 is 18.5. The first-order valence-electron chi connectivity index (χ1n) is 7.59. The molecule has 0 saturated carbocycles. The van der Waals surface area contributed by atoms with E-state index in [-0.39, 0.29) is 17.4 Å². The molecular weight excluding hydrogens is 321 g/mol. The molecule has 1 amide bonds. The Morgan fingerprint density at radius 2 is 1.84 bits per heavy atom. The van der Waals surface area contributed by atoms with Gasteiger partial charge in [-0.15, -0.1) is 0 Å². The highest BCUT2D eigenvalue weighted by atomic mass is 19.1. The zero-order valence-electron chi connectivity index (χ0n) is 13.5. The minimum Gasteiger partial charge on any atom is -0.495 e. The van der Waals surface area contributed by atoms with Crippen LogP contribution in [0.2, 0.25) is 0 Å². The van der Waals surface area contributed by atoms with Gasteiger partial charge in [0.1, 0.15) is 17.3 Å². The van der Waals surface area contributed by atoms with E-state index in [0.717, 1.165) is 0 Å². The Bertz CT molecular complexity index is 899. The molecule has 126 valence electrons. The molecule has 0 fully saturated rings. The first-order chi connectivity index (χ1) is 12.2. The fourth-order valence-electron chi connectivity index (χ4n) is 2.30. The Hall–Kier alpha value is -3.41. The summed E-state index contributed by atoms with van der Waals surface area (Å²) in [5.74, 6) is -0.148. The van der Waals surface area contributed by atoms with Crippen LogP contribution in [-0.2, 0) is 0 Å². The quantitative estimate of drug-likeness (QED) is 0.731. The van der Waals surface area contributed by atoms with Crippen LogP contribution >= 0.6 is 0 Å². The molecule has 0 spiro atoms. The second kappa shape index (κ2) is 7.44. The van der Waals surface area contributed by atoms with Crippen molar-refractivity contribution in [2.45, 2.75) is 0 Å². The van der Waals surface area contributed by atoms with Crippen molar-refractivity contribution in [2.75, 3.05) is 17.7 Å². The lowest BCUT2D eigenvalue weighted by atomic mass is 10.2. The van der Waals surface area contributed by atoms with Gasteiger partial charge < -0.3 is 15.4 Å². The maximum atomic E-state index is 13.3. The van der Waals surface area contributed by atoms with Gasteiger partial charge in [0.05, 0.1) is 12.8 Å². The van der Waals surface area contributed by atoms with Crippen LogP contribution < -0.4 is 15.4 Å². The number of para-hydroxylation sites is 2. The number of halogens is 1. The minimum absolute atomic E-state index is 0.229. The van der Waals surface area contributed by atoms with E-state index < -0.39 is 0 Å². The summed E-state index contributed by atoms with van der Waals surface area (Å²) in [4.78, 5) is 16.5. The van der Waals surface area contributed by atoms with E-state index in [4.69, 9.17) is 4.74 Å². The Morgan fingerprint density at radius 3 is 2.64 bits per heavy atom. The molecule has 1 heterocycles. The summed E-state index contributed by atoms with van der Waals surface area (Å²) in [7, 11) is 1.53. The third-order valence-corrected chi connectivity index (χ3v) is 3.46. The van der Waals surface area contributed by atoms with E-state index >= 15 is 0 Å². The van der Waals surface area contributed by atoms with Crippen molar-refractivity contribution in [1.29, 1.82) is 0 Å². The number of benzene rings is 2. The van der Waals surface area contributed by atoms with E-state index in [1.807, 2.05) is 6.07 Å². The van der Waals surface area contributed by atoms with Gasteiger partial charge in [-0.05, 0) is 42.5 Å². The van der Waals surface area contributed by atoms with Crippen LogP contribution in [0.4, 0.5) is 21.5 Å². The average Bonchev–Trinajstić information content (AvgIpc) is 2.62. The Morgan fingerprint density at radius 1 is 1.04 bits per heavy atom. The number of ether oxygens (including phenoxy) is 1. The molecule has 2 N–H and O–H groups in total. The van der Waals surface area contributed by atoms with Crippen molar-refractivity contribution >= 4 is 23.0 Å². The van der Waals surface area contributed by atoms with Crippen molar-refractivity contribution in [3.05, 3.63) is 78.4 Å². The lowest BCUT2D eigenvalue weighted by Gasteiger charge is -2.11. The van der Waals surface area contributed by atoms with Gasteiger partial charge in [0.2, 0.25) is 0 Å². The lowest BCUT2D eigenvalue weighted by molar-refractivity contribution is 0.102. The molecule has 1 aromatic heterocycles. The van der Waals surface area contributed by atoms with E-state index in [0.29, 0.717) is 22.8 Å². The molecule has 0 radical (unpaired) electrons. The smallest absolute Gasteiger partial charge is 0.274 e. The lowest BCUT2D eigenvalue weighted by Crippen LogP contribution is -2.14. The molecule has 5 nitrogen and oxygen atoms in total. The number of anilines is 3. The summed E-state index contributed by atoms with van der Waals surface area (Å²) in [6, 6.07) is 16.5. The van der Waals surface area contributed by atoms with Gasteiger partial charge >= 0.3 is 0 Å². The SMILES string of the molecule is COc1ccccc1NC(=O)c1cc(Nc2cccc(F)c2)ccn1. The number of amides is 1. The number of rotatable bonds is 5. The van der Waals surface area contributed by atoms with E-state index in [1.54, 1.807) is 42.5 Å². The molecule has 0 aliphatic rings. The maximum Gasteiger partial charge on any atom is 0.274 e. The number of pyridine rings is 1. The van der Waals surface area contributed by atoms with Crippen LogP contribution in [-0.4, -0.2) is 18.0 Å². The van der Waals surface area contributed by atoms with Gasteiger partial charge in [-0.2, -0.15) is 0 Å². The van der Waals surface area contributed by atoms with Crippen LogP contribution in [0, 0.1) is 5.82 Å². The van der Waals surface area contributed by atoms with Crippen molar-refractivity contribution in [2.24, 2.45) is 0 Å². The summed E-state index contributed by atoms with van der Waals surface area (Å²) in [6.07, 6.45) is 1.51. The standard InChI is InChI=1S/C19H16FN3O2/c1-25-18-8-3-2-7-16(18)23-19(24)17-12-15(9-10-21-17)22-14-6-4-5-13(20)11-14/h2-12H,1H3,(H,21,22)(H,23,24). The van der Waals surface area contributed by atoms with Crippen molar-refractivity contribution < 1.29 is 13.9 Å². The van der Waals surface area contributed by atoms with Crippen LogP contribution in [0.3, 0.4) is 0 Å². The maximum absolute atomic E-state index is 13.3. The summed E-state index contributed by atoms with van der Waals surface area (Å²) in [5.41, 5.74) is 2.00. The summed E-state index contributed by atoms with van der Waals surface area (Å²) >= 11 is 0. The van der Waals surface area contributed by atoms with Crippen LogP contribution in [0.1, 0.15) is 10.5 Å². The van der Waals surface area contributed by atoms with Crippen molar-refractivity contribution in [1.82, 2.24) is 4.98 Å². The van der Waals surface area contributed by atoms with Crippen LogP contribution in [0.25, 0.3) is 0 Å². The molecule has 0 saturated heterocycles. The molecule has 3 aromatic rings. The summed E-state index contributed by atoms with van der Waals surface area (Å²) in [6.45, 7) is 0. The number of hydrogen-bond acceptors (Lipinski definition) is 4. The Labute approximate surface area is 144 Å². The molecule has 0 bridgehead atoms. The molecule has 25 heavy (non-hydrogen) atoms. The minimum atomic E-state index is -0.368. The molecular formula is C19H16FN3O2. The third-order valence-electron chi connectivity index (χ3n) is 3.46. The second-order valence-corrected chi connectivity index (χ2v) is 5.22. The van der Waals surface area contributed by atoms with Gasteiger partial charge in [-0.3, -0.25) is 9.78 Å². The molecule has 0 atom stereocenters. The van der Waals surface area contributed by atoms with E-state index in [1.165, 1.54) is 25.4 Å². The molecule has 0 aliphatic heterocycles. The highest BCUT2D eigenvalue weighted by Crippen LogP contribution is 2.24. The number of nitrogens with zero attached hydrogens (tertiary/aromatic N) is 1. The van der Waals surface area contributed by atoms with Gasteiger partial charge in [0, 0.05) is 17.6 Å². The second-order valence-electron chi connectivity index (χ2n) is 5.22. The molecule has 0 aliphatic carbocycles. The van der Waals surface area contributed by atoms with Gasteiger partial charge in [-0.25, -0.2) is 4.39 Å². The highest BCUT2D eigenvalue weighted by molar-refractivity contribution is 6.04. The Balaban J connectivity index is 1.77. The fourth-order valence-corrected chi connectivity index (χ4v) is 2.30. The Kier molecular flexibility index (Phi) is 4.89. The molecule has 6 heteroatoms. The van der Waals surface area contributed by atoms with E-state index in [9.17, 15) is 9.18 Å². The monoisotopic (exact) mass is 337 g/mol. The molecule has 2 aromatic carbocycles. The largest absolute Gasteiger partial charge is 0.495 e. The zero-order chi connectivity index (χ0) is 17.6. The molecule has 0 unspecified atom stereocenters. The number of carbonyl (C=O) groups is 1. The normalized spacial score (nSPS) is 10.2. The van der Waals surface area contributed by atoms with Gasteiger partial charge in [-0.1, -0.05) is 18.2 Å². The van der Waals surface area contributed by atoms with E-state index in [2.05, 4.69) is 15.6 Å². The predicted octanol–water partition coefficient (Wildman–Crippen LogP) is 4.23. The van der Waals surface area contributed by atoms with Gasteiger partial charge in [0.15, 0.2) is 0 Å². The molecule has 3 rings (SSSR count).